The van der Waals surface area contributed by atoms with Gasteiger partial charge in [0.1, 0.15) is 5.69 Å². The summed E-state index contributed by atoms with van der Waals surface area (Å²) in [5, 5.41) is 4.40. The van der Waals surface area contributed by atoms with Gasteiger partial charge >= 0.3 is 0 Å². The lowest BCUT2D eigenvalue weighted by Gasteiger charge is -2.33. The van der Waals surface area contributed by atoms with E-state index in [4.69, 9.17) is 0 Å². The molecule has 1 aliphatic heterocycles. The van der Waals surface area contributed by atoms with Crippen molar-refractivity contribution in [2.24, 2.45) is 5.92 Å². The highest BCUT2D eigenvalue weighted by atomic mass is 32.2. The zero-order valence-corrected chi connectivity index (χ0v) is 17.2. The Morgan fingerprint density at radius 3 is 2.67 bits per heavy atom. The molecule has 1 atom stereocenters. The summed E-state index contributed by atoms with van der Waals surface area (Å²) < 4.78 is 29.7. The molecule has 9 heteroatoms. The molecule has 27 heavy (non-hydrogen) atoms. The molecule has 0 N–H and O–H groups in total. The quantitative estimate of drug-likeness (QED) is 0.750. The molecule has 0 unspecified atom stereocenters. The summed E-state index contributed by atoms with van der Waals surface area (Å²) in [6.07, 6.45) is 7.72. The van der Waals surface area contributed by atoms with Crippen LogP contribution in [-0.2, 0) is 16.6 Å². The minimum atomic E-state index is -3.38. The second-order valence-corrected chi connectivity index (χ2v) is 9.61. The van der Waals surface area contributed by atoms with Gasteiger partial charge < -0.3 is 0 Å². The Labute approximate surface area is 161 Å². The first kappa shape index (κ1) is 19.9. The van der Waals surface area contributed by atoms with Gasteiger partial charge in [-0.15, -0.1) is 0 Å². The molecule has 3 heterocycles. The van der Waals surface area contributed by atoms with Gasteiger partial charge in [-0.05, 0) is 45.1 Å². The third-order valence-electron chi connectivity index (χ3n) is 4.93. The van der Waals surface area contributed by atoms with Crippen molar-refractivity contribution in [3.63, 3.8) is 0 Å². The van der Waals surface area contributed by atoms with Crippen molar-refractivity contribution in [2.45, 2.75) is 39.2 Å². The maximum atomic E-state index is 12.5. The first-order chi connectivity index (χ1) is 12.8. The average Bonchev–Trinajstić information content (AvgIpc) is 3.12. The van der Waals surface area contributed by atoms with E-state index in [1.807, 2.05) is 10.7 Å². The van der Waals surface area contributed by atoms with Crippen molar-refractivity contribution in [1.82, 2.24) is 28.4 Å². The molecule has 0 saturated carbocycles. The Bertz CT molecular complexity index is 877. The Morgan fingerprint density at radius 2 is 1.96 bits per heavy atom. The highest BCUT2D eigenvalue weighted by Crippen LogP contribution is 2.28. The van der Waals surface area contributed by atoms with Gasteiger partial charge in [0.25, 0.3) is 10.2 Å². The molecule has 148 valence electrons. The third-order valence-corrected chi connectivity index (χ3v) is 6.83. The predicted molar refractivity (Wildman–Crippen MR) is 104 cm³/mol. The summed E-state index contributed by atoms with van der Waals surface area (Å²) in [5.74, 6) is 0.222. The first-order valence-electron chi connectivity index (χ1n) is 9.32. The molecular weight excluding hydrogens is 364 g/mol. The van der Waals surface area contributed by atoms with Crippen LogP contribution in [0.5, 0.6) is 0 Å². The first-order valence-corrected chi connectivity index (χ1v) is 10.7. The van der Waals surface area contributed by atoms with Crippen LogP contribution in [0.15, 0.2) is 24.7 Å². The van der Waals surface area contributed by atoms with Crippen molar-refractivity contribution in [2.75, 3.05) is 27.2 Å². The van der Waals surface area contributed by atoms with E-state index in [1.54, 1.807) is 37.0 Å². The number of hydrogen-bond donors (Lipinski definition) is 0. The molecule has 3 rings (SSSR count). The molecule has 1 fully saturated rings. The molecule has 0 bridgehead atoms. The Balaban J connectivity index is 1.84. The van der Waals surface area contributed by atoms with Crippen LogP contribution in [0, 0.1) is 5.92 Å². The van der Waals surface area contributed by atoms with Gasteiger partial charge in [-0.1, -0.05) is 0 Å². The molecule has 0 amide bonds. The van der Waals surface area contributed by atoms with Crippen molar-refractivity contribution in [3.05, 3.63) is 30.4 Å². The van der Waals surface area contributed by atoms with E-state index in [2.05, 4.69) is 28.9 Å². The van der Waals surface area contributed by atoms with Gasteiger partial charge in [-0.25, -0.2) is 0 Å². The fraction of sp³-hybridized carbons (Fsp3) is 0.611. The van der Waals surface area contributed by atoms with Crippen LogP contribution in [0.4, 0.5) is 0 Å². The van der Waals surface area contributed by atoms with Crippen LogP contribution in [0.2, 0.25) is 0 Å². The summed E-state index contributed by atoms with van der Waals surface area (Å²) in [6.45, 7) is 5.25. The van der Waals surface area contributed by atoms with Crippen molar-refractivity contribution in [3.8, 4) is 11.4 Å². The molecule has 0 radical (unpaired) electrons. The molecule has 0 aliphatic carbocycles. The van der Waals surface area contributed by atoms with Gasteiger partial charge in [-0.2, -0.15) is 22.1 Å². The lowest BCUT2D eigenvalue weighted by atomic mass is 9.93. The zero-order chi connectivity index (χ0) is 19.6. The maximum absolute atomic E-state index is 12.5. The van der Waals surface area contributed by atoms with Crippen molar-refractivity contribution < 1.29 is 8.42 Å². The Hall–Kier alpha value is -1.84. The normalized spacial score (nSPS) is 19.1. The summed E-state index contributed by atoms with van der Waals surface area (Å²) in [4.78, 5) is 9.13. The lowest BCUT2D eigenvalue weighted by molar-refractivity contribution is 0.253. The van der Waals surface area contributed by atoms with Crippen LogP contribution < -0.4 is 0 Å². The van der Waals surface area contributed by atoms with E-state index in [-0.39, 0.29) is 12.0 Å². The van der Waals surface area contributed by atoms with E-state index in [1.165, 1.54) is 4.31 Å². The van der Waals surface area contributed by atoms with Crippen molar-refractivity contribution in [1.29, 1.82) is 0 Å². The SMILES string of the molecule is CC(C)n1nccc1-c1nccnc1C[C@H]1CCCN(S(=O)(=O)N(C)C)C1. The van der Waals surface area contributed by atoms with Crippen LogP contribution >= 0.6 is 0 Å². The van der Waals surface area contributed by atoms with E-state index in [0.29, 0.717) is 19.5 Å². The van der Waals surface area contributed by atoms with Crippen LogP contribution in [0.25, 0.3) is 11.4 Å². The minimum absolute atomic E-state index is 0.222. The van der Waals surface area contributed by atoms with E-state index in [0.717, 1.165) is 29.9 Å². The molecule has 0 aromatic carbocycles. The molecule has 1 aliphatic rings. The second-order valence-electron chi connectivity index (χ2n) is 7.47. The molecule has 2 aromatic rings. The summed E-state index contributed by atoms with van der Waals surface area (Å²) >= 11 is 0. The fourth-order valence-corrected chi connectivity index (χ4v) is 4.77. The summed E-state index contributed by atoms with van der Waals surface area (Å²) in [7, 11) is -0.228. The molecule has 0 spiro atoms. The van der Waals surface area contributed by atoms with Crippen molar-refractivity contribution >= 4 is 10.2 Å². The third kappa shape index (κ3) is 4.20. The predicted octanol–water partition coefficient (Wildman–Crippen LogP) is 1.98. The highest BCUT2D eigenvalue weighted by Gasteiger charge is 2.31. The Morgan fingerprint density at radius 1 is 1.22 bits per heavy atom. The number of aromatic nitrogens is 4. The van der Waals surface area contributed by atoms with E-state index >= 15 is 0 Å². The number of hydrogen-bond acceptors (Lipinski definition) is 5. The average molecular weight is 393 g/mol. The summed E-state index contributed by atoms with van der Waals surface area (Å²) in [6, 6.07) is 2.18. The van der Waals surface area contributed by atoms with Gasteiger partial charge in [0.2, 0.25) is 0 Å². The molecule has 8 nitrogen and oxygen atoms in total. The van der Waals surface area contributed by atoms with Crippen LogP contribution in [-0.4, -0.2) is 64.0 Å². The smallest absolute Gasteiger partial charge is 0.261 e. The monoisotopic (exact) mass is 392 g/mol. The summed E-state index contributed by atoms with van der Waals surface area (Å²) in [5.41, 5.74) is 2.67. The fourth-order valence-electron chi connectivity index (χ4n) is 3.55. The van der Waals surface area contributed by atoms with Gasteiger partial charge in [0.05, 0.1) is 11.4 Å². The van der Waals surface area contributed by atoms with Gasteiger partial charge in [-0.3, -0.25) is 14.6 Å². The van der Waals surface area contributed by atoms with Gasteiger partial charge in [0.15, 0.2) is 0 Å². The number of piperidine rings is 1. The number of rotatable bonds is 6. The lowest BCUT2D eigenvalue weighted by Crippen LogP contribution is -2.45. The largest absolute Gasteiger partial charge is 0.281 e. The van der Waals surface area contributed by atoms with Crippen LogP contribution in [0.1, 0.15) is 38.4 Å². The maximum Gasteiger partial charge on any atom is 0.281 e. The van der Waals surface area contributed by atoms with Crippen LogP contribution in [0.3, 0.4) is 0 Å². The molecule has 1 saturated heterocycles. The topological polar surface area (TPSA) is 84.2 Å². The highest BCUT2D eigenvalue weighted by molar-refractivity contribution is 7.86. The number of nitrogens with zero attached hydrogens (tertiary/aromatic N) is 6. The molecule has 2 aromatic heterocycles. The molecular formula is C18H28N6O2S. The standard InChI is InChI=1S/C18H28N6O2S/c1-14(2)24-17(7-8-21-24)18-16(19-9-10-20-18)12-15-6-5-11-23(13-15)27(25,26)22(3)4/h7-10,14-15H,5-6,11-13H2,1-4H3/t15-/m1/s1. The van der Waals surface area contributed by atoms with E-state index < -0.39 is 10.2 Å². The zero-order valence-electron chi connectivity index (χ0n) is 16.4. The van der Waals surface area contributed by atoms with Gasteiger partial charge in [0, 0.05) is 51.8 Å². The second kappa shape index (κ2) is 8.04. The minimum Gasteiger partial charge on any atom is -0.261 e. The van der Waals surface area contributed by atoms with E-state index in [9.17, 15) is 8.42 Å². The Kier molecular flexibility index (Phi) is 5.92.